The van der Waals surface area contributed by atoms with E-state index in [1.54, 1.807) is 13.8 Å². The van der Waals surface area contributed by atoms with Crippen molar-refractivity contribution in [2.24, 2.45) is 0 Å². The molecular formula is C11H12N6O3. The van der Waals surface area contributed by atoms with Crippen LogP contribution < -0.4 is 5.32 Å². The van der Waals surface area contributed by atoms with E-state index in [9.17, 15) is 14.9 Å². The molecule has 9 heteroatoms. The molecule has 0 fully saturated rings. The van der Waals surface area contributed by atoms with Gasteiger partial charge in [0.25, 0.3) is 11.6 Å². The minimum atomic E-state index is -0.503. The van der Waals surface area contributed by atoms with Crippen LogP contribution in [0, 0.1) is 17.0 Å². The van der Waals surface area contributed by atoms with Gasteiger partial charge in [-0.25, -0.2) is 0 Å². The van der Waals surface area contributed by atoms with E-state index in [4.69, 9.17) is 0 Å². The van der Waals surface area contributed by atoms with Crippen LogP contribution in [0.4, 0.5) is 5.69 Å². The highest BCUT2D eigenvalue weighted by Crippen LogP contribution is 2.17. The number of hydrogen-bond acceptors (Lipinski definition) is 6. The normalized spacial score (nSPS) is 11.9. The van der Waals surface area contributed by atoms with E-state index >= 15 is 0 Å². The van der Waals surface area contributed by atoms with Crippen LogP contribution in [-0.2, 0) is 0 Å². The van der Waals surface area contributed by atoms with Crippen LogP contribution in [0.25, 0.3) is 0 Å². The van der Waals surface area contributed by atoms with Crippen molar-refractivity contribution in [3.8, 4) is 0 Å². The zero-order valence-corrected chi connectivity index (χ0v) is 10.8. The minimum Gasteiger partial charge on any atom is -0.342 e. The number of nitro benzene ring substituents is 1. The molecule has 0 aliphatic heterocycles. The van der Waals surface area contributed by atoms with Crippen LogP contribution in [0.2, 0.25) is 0 Å². The number of benzene rings is 1. The Hall–Kier alpha value is -2.84. The van der Waals surface area contributed by atoms with E-state index in [-0.39, 0.29) is 11.6 Å². The molecule has 0 saturated heterocycles. The van der Waals surface area contributed by atoms with Crippen molar-refractivity contribution < 1.29 is 9.72 Å². The Morgan fingerprint density at radius 3 is 2.80 bits per heavy atom. The second-order valence-electron chi connectivity index (χ2n) is 4.22. The number of carbonyl (C=O) groups excluding carboxylic acids is 1. The minimum absolute atomic E-state index is 0.0507. The predicted octanol–water partition coefficient (Wildman–Crippen LogP) is 0.907. The summed E-state index contributed by atoms with van der Waals surface area (Å²) in [6.07, 6.45) is 0. The summed E-state index contributed by atoms with van der Waals surface area (Å²) in [4.78, 5) is 22.2. The van der Waals surface area contributed by atoms with E-state index in [0.717, 1.165) is 0 Å². The van der Waals surface area contributed by atoms with Crippen LogP contribution >= 0.6 is 0 Å². The molecule has 0 aliphatic rings. The first kappa shape index (κ1) is 13.6. The van der Waals surface area contributed by atoms with Gasteiger partial charge in [0.2, 0.25) is 0 Å². The van der Waals surface area contributed by atoms with E-state index in [1.807, 2.05) is 0 Å². The molecule has 104 valence electrons. The third-order valence-electron chi connectivity index (χ3n) is 2.76. The molecule has 0 saturated carbocycles. The first-order valence-electron chi connectivity index (χ1n) is 5.78. The number of non-ortho nitro benzene ring substituents is 1. The molecule has 1 heterocycles. The lowest BCUT2D eigenvalue weighted by molar-refractivity contribution is -0.384. The number of nitro groups is 1. The molecule has 0 bridgehead atoms. The summed E-state index contributed by atoms with van der Waals surface area (Å²) in [7, 11) is 0. The highest BCUT2D eigenvalue weighted by molar-refractivity contribution is 5.96. The Balaban J connectivity index is 2.15. The molecule has 2 N–H and O–H groups in total. The molecule has 9 nitrogen and oxygen atoms in total. The Kier molecular flexibility index (Phi) is 3.69. The molecular weight excluding hydrogens is 264 g/mol. The van der Waals surface area contributed by atoms with Gasteiger partial charge >= 0.3 is 0 Å². The summed E-state index contributed by atoms with van der Waals surface area (Å²) in [5.74, 6) is 0.00705. The molecule has 1 aromatic carbocycles. The van der Waals surface area contributed by atoms with Gasteiger partial charge in [-0.3, -0.25) is 14.9 Å². The van der Waals surface area contributed by atoms with Crippen molar-refractivity contribution in [2.75, 3.05) is 0 Å². The highest BCUT2D eigenvalue weighted by Gasteiger charge is 2.17. The fourth-order valence-corrected chi connectivity index (χ4v) is 1.71. The number of hydrogen-bond donors (Lipinski definition) is 2. The summed E-state index contributed by atoms with van der Waals surface area (Å²) in [6.45, 7) is 3.35. The second-order valence-corrected chi connectivity index (χ2v) is 4.22. The maximum atomic E-state index is 12.1. The number of aromatic amines is 1. The summed E-state index contributed by atoms with van der Waals surface area (Å²) >= 11 is 0. The number of nitrogens with zero attached hydrogens (tertiary/aromatic N) is 4. The number of H-pyrrole nitrogens is 1. The van der Waals surface area contributed by atoms with Gasteiger partial charge in [0, 0.05) is 17.7 Å². The van der Waals surface area contributed by atoms with E-state index in [2.05, 4.69) is 25.9 Å². The number of amides is 1. The molecule has 20 heavy (non-hydrogen) atoms. The SMILES string of the molecule is Cc1cc([N+](=O)[O-])ccc1C(=O)NC(C)c1nn[nH]n1. The Labute approximate surface area is 113 Å². The monoisotopic (exact) mass is 276 g/mol. The number of nitrogens with one attached hydrogen (secondary N) is 2. The van der Waals surface area contributed by atoms with Crippen molar-refractivity contribution in [3.63, 3.8) is 0 Å². The zero-order chi connectivity index (χ0) is 14.7. The van der Waals surface area contributed by atoms with Crippen LogP contribution in [0.15, 0.2) is 18.2 Å². The lowest BCUT2D eigenvalue weighted by Gasteiger charge is -2.11. The lowest BCUT2D eigenvalue weighted by Crippen LogP contribution is -2.28. The van der Waals surface area contributed by atoms with E-state index in [0.29, 0.717) is 17.0 Å². The average molecular weight is 276 g/mol. The van der Waals surface area contributed by atoms with Crippen LogP contribution in [0.3, 0.4) is 0 Å². The van der Waals surface area contributed by atoms with Crippen molar-refractivity contribution in [1.29, 1.82) is 0 Å². The Morgan fingerprint density at radius 2 is 2.25 bits per heavy atom. The lowest BCUT2D eigenvalue weighted by atomic mass is 10.1. The van der Waals surface area contributed by atoms with Crippen molar-refractivity contribution >= 4 is 11.6 Å². The van der Waals surface area contributed by atoms with Gasteiger partial charge < -0.3 is 5.32 Å². The number of carbonyl (C=O) groups is 1. The van der Waals surface area contributed by atoms with Gasteiger partial charge in [-0.1, -0.05) is 5.21 Å². The fourth-order valence-electron chi connectivity index (χ4n) is 1.71. The van der Waals surface area contributed by atoms with Gasteiger partial charge in [-0.2, -0.15) is 5.21 Å². The summed E-state index contributed by atoms with van der Waals surface area (Å²) in [5, 5.41) is 26.6. The molecule has 1 amide bonds. The quantitative estimate of drug-likeness (QED) is 0.631. The van der Waals surface area contributed by atoms with Crippen LogP contribution in [0.1, 0.15) is 34.7 Å². The predicted molar refractivity (Wildman–Crippen MR) is 67.9 cm³/mol. The fraction of sp³-hybridized carbons (Fsp3) is 0.273. The number of aromatic nitrogens is 4. The number of tetrazole rings is 1. The molecule has 2 aromatic rings. The maximum absolute atomic E-state index is 12.1. The topological polar surface area (TPSA) is 127 Å². The largest absolute Gasteiger partial charge is 0.342 e. The number of rotatable bonds is 4. The molecule has 1 unspecified atom stereocenters. The standard InChI is InChI=1S/C11H12N6O3/c1-6-5-8(17(19)20)3-4-9(6)11(18)12-7(2)10-13-15-16-14-10/h3-5,7H,1-2H3,(H,12,18)(H,13,14,15,16). The molecule has 0 radical (unpaired) electrons. The first-order chi connectivity index (χ1) is 9.49. The second kappa shape index (κ2) is 5.43. The van der Waals surface area contributed by atoms with Crippen molar-refractivity contribution in [3.05, 3.63) is 45.3 Å². The Bertz CT molecular complexity index is 640. The summed E-state index contributed by atoms with van der Waals surface area (Å²) < 4.78 is 0. The first-order valence-corrected chi connectivity index (χ1v) is 5.78. The molecule has 1 atom stereocenters. The maximum Gasteiger partial charge on any atom is 0.269 e. The smallest absolute Gasteiger partial charge is 0.269 e. The van der Waals surface area contributed by atoms with Gasteiger partial charge in [0.05, 0.1) is 11.0 Å². The van der Waals surface area contributed by atoms with Gasteiger partial charge in [-0.05, 0) is 25.5 Å². The third kappa shape index (κ3) is 2.76. The van der Waals surface area contributed by atoms with E-state index in [1.165, 1.54) is 18.2 Å². The molecule has 2 rings (SSSR count). The van der Waals surface area contributed by atoms with Gasteiger partial charge in [-0.15, -0.1) is 10.2 Å². The van der Waals surface area contributed by atoms with Crippen molar-refractivity contribution in [1.82, 2.24) is 25.9 Å². The summed E-state index contributed by atoms with van der Waals surface area (Å²) in [5.41, 5.74) is 0.841. The third-order valence-corrected chi connectivity index (χ3v) is 2.76. The molecule has 0 spiro atoms. The molecule has 0 aliphatic carbocycles. The highest BCUT2D eigenvalue weighted by atomic mass is 16.6. The Morgan fingerprint density at radius 1 is 1.50 bits per heavy atom. The van der Waals surface area contributed by atoms with E-state index < -0.39 is 11.0 Å². The summed E-state index contributed by atoms with van der Waals surface area (Å²) in [6, 6.07) is 3.65. The number of aryl methyl sites for hydroxylation is 1. The average Bonchev–Trinajstić information content (AvgIpc) is 2.92. The van der Waals surface area contributed by atoms with Crippen LogP contribution in [-0.4, -0.2) is 31.5 Å². The van der Waals surface area contributed by atoms with Gasteiger partial charge in [0.1, 0.15) is 0 Å². The van der Waals surface area contributed by atoms with Crippen LogP contribution in [0.5, 0.6) is 0 Å². The zero-order valence-electron chi connectivity index (χ0n) is 10.8. The van der Waals surface area contributed by atoms with Crippen molar-refractivity contribution in [2.45, 2.75) is 19.9 Å². The molecule has 1 aromatic heterocycles. The van der Waals surface area contributed by atoms with Gasteiger partial charge in [0.15, 0.2) is 5.82 Å².